The lowest BCUT2D eigenvalue weighted by molar-refractivity contribution is 0.241. The van der Waals surface area contributed by atoms with Crippen molar-refractivity contribution in [2.75, 3.05) is 19.1 Å². The largest absolute Gasteiger partial charge is 0.497 e. The van der Waals surface area contributed by atoms with Crippen LogP contribution in [0.3, 0.4) is 0 Å². The Kier molecular flexibility index (Phi) is 6.45. The molecule has 0 bridgehead atoms. The summed E-state index contributed by atoms with van der Waals surface area (Å²) in [5, 5.41) is 0. The van der Waals surface area contributed by atoms with E-state index in [1.165, 1.54) is 5.56 Å². The van der Waals surface area contributed by atoms with Gasteiger partial charge in [0, 0.05) is 29.0 Å². The molecule has 5 aromatic rings. The summed E-state index contributed by atoms with van der Waals surface area (Å²) in [4.78, 5) is 2.34. The van der Waals surface area contributed by atoms with Gasteiger partial charge in [0.15, 0.2) is 0 Å². The van der Waals surface area contributed by atoms with Crippen LogP contribution in [-0.4, -0.2) is 14.2 Å². The van der Waals surface area contributed by atoms with Crippen molar-refractivity contribution in [3.8, 4) is 28.4 Å². The topological polar surface area (TPSA) is 30.9 Å². The molecule has 1 atom stereocenters. The Labute approximate surface area is 223 Å². The summed E-state index contributed by atoms with van der Waals surface area (Å²) in [5.74, 6) is 2.40. The first-order valence-corrected chi connectivity index (χ1v) is 12.7. The van der Waals surface area contributed by atoms with E-state index in [0.29, 0.717) is 0 Å². The normalized spacial score (nSPS) is 13.6. The first-order valence-electron chi connectivity index (χ1n) is 12.7. The molecule has 1 heterocycles. The number of benzene rings is 5. The highest BCUT2D eigenvalue weighted by molar-refractivity contribution is 5.83. The molecule has 0 aliphatic carbocycles. The number of para-hydroxylation sites is 1. The lowest BCUT2D eigenvalue weighted by atomic mass is 9.88. The van der Waals surface area contributed by atoms with Gasteiger partial charge in [0.25, 0.3) is 0 Å². The first-order chi connectivity index (χ1) is 18.7. The molecule has 0 radical (unpaired) electrons. The second-order valence-electron chi connectivity index (χ2n) is 9.29. The second kappa shape index (κ2) is 10.3. The molecular formula is C34H29NO3. The van der Waals surface area contributed by atoms with E-state index in [9.17, 15) is 0 Å². The van der Waals surface area contributed by atoms with Gasteiger partial charge in [-0.2, -0.15) is 0 Å². The number of rotatable bonds is 7. The molecule has 4 heteroatoms. The molecule has 0 spiro atoms. The van der Waals surface area contributed by atoms with Crippen LogP contribution in [0.15, 0.2) is 121 Å². The van der Waals surface area contributed by atoms with Gasteiger partial charge in [-0.25, -0.2) is 0 Å². The van der Waals surface area contributed by atoms with E-state index in [1.807, 2.05) is 42.5 Å². The van der Waals surface area contributed by atoms with Gasteiger partial charge in [0.2, 0.25) is 0 Å². The van der Waals surface area contributed by atoms with Gasteiger partial charge in [-0.05, 0) is 59.7 Å². The predicted molar refractivity (Wildman–Crippen MR) is 153 cm³/mol. The van der Waals surface area contributed by atoms with Crippen LogP contribution in [0.1, 0.15) is 22.8 Å². The van der Waals surface area contributed by atoms with Crippen LogP contribution in [0, 0.1) is 0 Å². The summed E-state index contributed by atoms with van der Waals surface area (Å²) in [7, 11) is 3.39. The molecule has 38 heavy (non-hydrogen) atoms. The van der Waals surface area contributed by atoms with E-state index < -0.39 is 0 Å². The van der Waals surface area contributed by atoms with Crippen LogP contribution in [0.2, 0.25) is 0 Å². The van der Waals surface area contributed by atoms with Gasteiger partial charge in [-0.15, -0.1) is 0 Å². The van der Waals surface area contributed by atoms with E-state index in [4.69, 9.17) is 14.2 Å². The molecule has 0 saturated heterocycles. The van der Waals surface area contributed by atoms with Crippen molar-refractivity contribution in [1.29, 1.82) is 0 Å². The molecule has 1 aliphatic rings. The monoisotopic (exact) mass is 499 g/mol. The van der Waals surface area contributed by atoms with Gasteiger partial charge in [-0.3, -0.25) is 0 Å². The number of nitrogens with zero attached hydrogens (tertiary/aromatic N) is 1. The Hall–Kier alpha value is -4.70. The zero-order chi connectivity index (χ0) is 25.9. The van der Waals surface area contributed by atoms with Crippen LogP contribution in [-0.2, 0) is 6.54 Å². The third kappa shape index (κ3) is 4.46. The van der Waals surface area contributed by atoms with Crippen molar-refractivity contribution in [3.05, 3.63) is 138 Å². The summed E-state index contributed by atoms with van der Waals surface area (Å²) < 4.78 is 18.0. The minimum atomic E-state index is -0.297. The van der Waals surface area contributed by atoms with Crippen LogP contribution >= 0.6 is 0 Å². The molecular weight excluding hydrogens is 470 g/mol. The lowest BCUT2D eigenvalue weighted by Gasteiger charge is -2.32. The quantitative estimate of drug-likeness (QED) is 0.226. The van der Waals surface area contributed by atoms with Gasteiger partial charge in [0.1, 0.15) is 23.4 Å². The molecule has 5 aromatic carbocycles. The smallest absolute Gasteiger partial charge is 0.150 e. The van der Waals surface area contributed by atoms with Crippen molar-refractivity contribution in [1.82, 2.24) is 0 Å². The number of hydrogen-bond donors (Lipinski definition) is 0. The maximum Gasteiger partial charge on any atom is 0.150 e. The Morgan fingerprint density at radius 3 is 2.21 bits per heavy atom. The van der Waals surface area contributed by atoms with Gasteiger partial charge >= 0.3 is 0 Å². The predicted octanol–water partition coefficient (Wildman–Crippen LogP) is 8.19. The molecule has 0 saturated carbocycles. The summed E-state index contributed by atoms with van der Waals surface area (Å²) in [6.45, 7) is 0.744. The molecule has 0 amide bonds. The van der Waals surface area contributed by atoms with Gasteiger partial charge < -0.3 is 19.1 Å². The minimum absolute atomic E-state index is 0.297. The molecule has 0 N–H and O–H groups in total. The van der Waals surface area contributed by atoms with E-state index in [0.717, 1.165) is 57.4 Å². The molecule has 0 aromatic heterocycles. The van der Waals surface area contributed by atoms with E-state index in [1.54, 1.807) is 14.2 Å². The van der Waals surface area contributed by atoms with Gasteiger partial charge in [0.05, 0.1) is 19.8 Å². The van der Waals surface area contributed by atoms with Crippen LogP contribution in [0.25, 0.3) is 11.1 Å². The van der Waals surface area contributed by atoms with E-state index in [-0.39, 0.29) is 6.10 Å². The zero-order valence-electron chi connectivity index (χ0n) is 21.5. The Morgan fingerprint density at radius 2 is 1.45 bits per heavy atom. The minimum Gasteiger partial charge on any atom is -0.497 e. The van der Waals surface area contributed by atoms with E-state index >= 15 is 0 Å². The number of hydrogen-bond acceptors (Lipinski definition) is 4. The molecule has 6 rings (SSSR count). The Balaban J connectivity index is 1.53. The first kappa shape index (κ1) is 23.7. The van der Waals surface area contributed by atoms with Gasteiger partial charge in [-0.1, -0.05) is 72.8 Å². The molecule has 4 nitrogen and oxygen atoms in total. The average Bonchev–Trinajstić information content (AvgIpc) is 2.99. The maximum atomic E-state index is 6.69. The van der Waals surface area contributed by atoms with Crippen LogP contribution in [0.5, 0.6) is 17.2 Å². The fraction of sp³-hybridized carbons (Fsp3) is 0.118. The summed E-state index contributed by atoms with van der Waals surface area (Å²) >= 11 is 0. The maximum absolute atomic E-state index is 6.69. The van der Waals surface area contributed by atoms with Crippen molar-refractivity contribution in [2.45, 2.75) is 12.6 Å². The zero-order valence-corrected chi connectivity index (χ0v) is 21.5. The standard InChI is InChI=1S/C34H29NO3/c1-36-28-16-9-13-25(21-28)34-30-22-27(19-20-29(30)33-31(37-2)17-10-18-32(33)38-34)35(26-14-7-4-8-15-26)23-24-11-5-3-6-12-24/h3-22,34H,23H2,1-2H3. The number of fused-ring (bicyclic) bond motifs is 3. The van der Waals surface area contributed by atoms with Crippen molar-refractivity contribution < 1.29 is 14.2 Å². The van der Waals surface area contributed by atoms with Crippen LogP contribution in [0.4, 0.5) is 11.4 Å². The average molecular weight is 500 g/mol. The number of methoxy groups -OCH3 is 2. The Morgan fingerprint density at radius 1 is 0.684 bits per heavy atom. The lowest BCUT2D eigenvalue weighted by Crippen LogP contribution is -2.19. The summed E-state index contributed by atoms with van der Waals surface area (Å²) in [5.41, 5.74) is 7.66. The molecule has 1 unspecified atom stereocenters. The number of ether oxygens (including phenoxy) is 3. The third-order valence-electron chi connectivity index (χ3n) is 7.00. The summed E-state index contributed by atoms with van der Waals surface area (Å²) in [6, 6.07) is 41.8. The highest BCUT2D eigenvalue weighted by Gasteiger charge is 2.31. The SMILES string of the molecule is COc1cccc(C2Oc3cccc(OC)c3-c3ccc(N(Cc4ccccc4)c4ccccc4)cc32)c1. The molecule has 188 valence electrons. The third-order valence-corrected chi connectivity index (χ3v) is 7.00. The molecule has 1 aliphatic heterocycles. The fourth-order valence-corrected chi connectivity index (χ4v) is 5.16. The second-order valence-corrected chi connectivity index (χ2v) is 9.29. The fourth-order valence-electron chi connectivity index (χ4n) is 5.16. The molecule has 0 fully saturated rings. The van der Waals surface area contributed by atoms with Crippen LogP contribution < -0.4 is 19.1 Å². The number of anilines is 2. The van der Waals surface area contributed by atoms with Crippen molar-refractivity contribution >= 4 is 11.4 Å². The Bertz CT molecular complexity index is 1550. The summed E-state index contributed by atoms with van der Waals surface area (Å²) in [6.07, 6.45) is -0.297. The van der Waals surface area contributed by atoms with Crippen molar-refractivity contribution in [3.63, 3.8) is 0 Å². The highest BCUT2D eigenvalue weighted by Crippen LogP contribution is 2.50. The van der Waals surface area contributed by atoms with E-state index in [2.05, 4.69) is 83.8 Å². The van der Waals surface area contributed by atoms with Crippen molar-refractivity contribution in [2.24, 2.45) is 0 Å². The highest BCUT2D eigenvalue weighted by atomic mass is 16.5.